The second-order valence-corrected chi connectivity index (χ2v) is 11.3. The summed E-state index contributed by atoms with van der Waals surface area (Å²) in [5.41, 5.74) is 2.55. The summed E-state index contributed by atoms with van der Waals surface area (Å²) in [7, 11) is 0. The normalized spacial score (nSPS) is 24.0. The largest absolute Gasteiger partial charge is 0.338 e. The van der Waals surface area contributed by atoms with Crippen molar-refractivity contribution in [1.82, 2.24) is 19.7 Å². The predicted molar refractivity (Wildman–Crippen MR) is 129 cm³/mol. The molecule has 2 aliphatic rings. The monoisotopic (exact) mass is 446 g/mol. The zero-order valence-electron chi connectivity index (χ0n) is 19.0. The third-order valence-electron chi connectivity index (χ3n) is 6.74. The fourth-order valence-corrected chi connectivity index (χ4v) is 6.75. The maximum absolute atomic E-state index is 13.3. The number of fused-ring (bicyclic) bond motifs is 2. The molecule has 0 radical (unpaired) electrons. The minimum absolute atomic E-state index is 0.213. The molecule has 5 nitrogen and oxygen atoms in total. The molecule has 5 rings (SSSR count). The van der Waals surface area contributed by atoms with Crippen LogP contribution >= 0.6 is 11.8 Å². The van der Waals surface area contributed by atoms with E-state index in [0.29, 0.717) is 17.2 Å². The average Bonchev–Trinajstić information content (AvgIpc) is 3.30. The second kappa shape index (κ2) is 8.07. The van der Waals surface area contributed by atoms with Gasteiger partial charge in [0.1, 0.15) is 0 Å². The molecule has 2 bridgehead atoms. The summed E-state index contributed by atoms with van der Waals surface area (Å²) >= 11 is 1.48. The number of benzene rings is 2. The molecule has 1 aliphatic carbocycles. The van der Waals surface area contributed by atoms with Crippen LogP contribution < -0.4 is 0 Å². The van der Waals surface area contributed by atoms with Crippen LogP contribution in [0.5, 0.6) is 0 Å². The first-order valence-corrected chi connectivity index (χ1v) is 12.3. The van der Waals surface area contributed by atoms with Gasteiger partial charge < -0.3 is 4.90 Å². The van der Waals surface area contributed by atoms with Crippen LogP contribution in [0.1, 0.15) is 40.0 Å². The predicted octanol–water partition coefficient (Wildman–Crippen LogP) is 5.45. The zero-order chi connectivity index (χ0) is 22.3. The van der Waals surface area contributed by atoms with Gasteiger partial charge in [-0.15, -0.1) is 10.2 Å². The zero-order valence-corrected chi connectivity index (χ0v) is 19.8. The van der Waals surface area contributed by atoms with Crippen LogP contribution in [0, 0.1) is 10.8 Å². The highest BCUT2D eigenvalue weighted by Gasteiger charge is 2.50. The summed E-state index contributed by atoms with van der Waals surface area (Å²) in [5.74, 6) is 1.38. The van der Waals surface area contributed by atoms with Gasteiger partial charge in [0.15, 0.2) is 11.0 Å². The molecule has 1 aromatic heterocycles. The van der Waals surface area contributed by atoms with Crippen molar-refractivity contribution in [2.75, 3.05) is 12.3 Å². The number of carbonyl (C=O) groups excluding carboxylic acids is 1. The van der Waals surface area contributed by atoms with Crippen molar-refractivity contribution in [3.8, 4) is 17.1 Å². The van der Waals surface area contributed by atoms with E-state index < -0.39 is 0 Å². The second-order valence-electron chi connectivity index (χ2n) is 10.4. The van der Waals surface area contributed by atoms with E-state index in [1.807, 2.05) is 60.7 Å². The summed E-state index contributed by atoms with van der Waals surface area (Å²) in [5, 5.41) is 9.71. The Kier molecular flexibility index (Phi) is 5.36. The van der Waals surface area contributed by atoms with Crippen molar-refractivity contribution >= 4 is 17.7 Å². The molecule has 1 saturated heterocycles. The standard InChI is InChI=1S/C26H30N4OS/c1-25(2)14-21-15-26(3,17-25)18-29(21)22(31)16-32-24-28-27-23(19-10-6-4-7-11-19)30(24)20-12-8-5-9-13-20/h4-13,21H,14-18H2,1-3H3. The summed E-state index contributed by atoms with van der Waals surface area (Å²) in [6.45, 7) is 7.90. The summed E-state index contributed by atoms with van der Waals surface area (Å²) in [6.07, 6.45) is 3.42. The highest BCUT2D eigenvalue weighted by atomic mass is 32.2. The Morgan fingerprint density at radius 1 is 1.00 bits per heavy atom. The van der Waals surface area contributed by atoms with E-state index in [9.17, 15) is 4.79 Å². The van der Waals surface area contributed by atoms with Gasteiger partial charge in [0.2, 0.25) is 5.91 Å². The molecule has 2 unspecified atom stereocenters. The summed E-state index contributed by atoms with van der Waals surface area (Å²) < 4.78 is 2.06. The van der Waals surface area contributed by atoms with Crippen molar-refractivity contribution < 1.29 is 4.79 Å². The Balaban J connectivity index is 1.38. The lowest BCUT2D eigenvalue weighted by molar-refractivity contribution is -0.129. The quantitative estimate of drug-likeness (QED) is 0.489. The van der Waals surface area contributed by atoms with E-state index >= 15 is 0 Å². The summed E-state index contributed by atoms with van der Waals surface area (Å²) in [6, 6.07) is 20.6. The van der Waals surface area contributed by atoms with Gasteiger partial charge in [-0.05, 0) is 42.2 Å². The molecule has 3 aromatic rings. The molecule has 2 heterocycles. The first kappa shape index (κ1) is 21.3. The van der Waals surface area contributed by atoms with Crippen LogP contribution in [-0.2, 0) is 4.79 Å². The molecule has 6 heteroatoms. The molecular weight excluding hydrogens is 416 g/mol. The Hall–Kier alpha value is -2.60. The number of para-hydroxylation sites is 1. The number of hydrogen-bond acceptors (Lipinski definition) is 4. The number of thioether (sulfide) groups is 1. The third-order valence-corrected chi connectivity index (χ3v) is 7.65. The van der Waals surface area contributed by atoms with Gasteiger partial charge in [0.25, 0.3) is 0 Å². The van der Waals surface area contributed by atoms with Gasteiger partial charge in [0.05, 0.1) is 5.75 Å². The number of rotatable bonds is 5. The molecular formula is C26H30N4OS. The van der Waals surface area contributed by atoms with Gasteiger partial charge in [-0.3, -0.25) is 9.36 Å². The fourth-order valence-electron chi connectivity index (χ4n) is 5.91. The average molecular weight is 447 g/mol. The molecule has 1 amide bonds. The van der Waals surface area contributed by atoms with E-state index in [1.165, 1.54) is 18.2 Å². The lowest BCUT2D eigenvalue weighted by Gasteiger charge is -2.39. The van der Waals surface area contributed by atoms with Crippen molar-refractivity contribution in [2.45, 2.75) is 51.2 Å². The maximum Gasteiger partial charge on any atom is 0.233 e. The van der Waals surface area contributed by atoms with Gasteiger partial charge in [-0.1, -0.05) is 81.1 Å². The Morgan fingerprint density at radius 3 is 2.41 bits per heavy atom. The molecule has 0 N–H and O–H groups in total. The number of amides is 1. The minimum Gasteiger partial charge on any atom is -0.338 e. The van der Waals surface area contributed by atoms with Crippen LogP contribution in [0.15, 0.2) is 65.8 Å². The Morgan fingerprint density at radius 2 is 1.69 bits per heavy atom. The summed E-state index contributed by atoms with van der Waals surface area (Å²) in [4.78, 5) is 15.4. The molecule has 2 atom stereocenters. The van der Waals surface area contributed by atoms with Crippen molar-refractivity contribution in [3.63, 3.8) is 0 Å². The molecule has 1 aliphatic heterocycles. The highest BCUT2D eigenvalue weighted by Crippen LogP contribution is 2.52. The number of nitrogens with zero attached hydrogens (tertiary/aromatic N) is 4. The molecule has 2 aromatic carbocycles. The smallest absolute Gasteiger partial charge is 0.233 e. The fraction of sp³-hybridized carbons (Fsp3) is 0.423. The van der Waals surface area contributed by atoms with E-state index in [-0.39, 0.29) is 11.3 Å². The highest BCUT2D eigenvalue weighted by molar-refractivity contribution is 7.99. The SMILES string of the molecule is CC1(C)CC2CC(C)(CN2C(=O)CSc2nnc(-c3ccccc3)n2-c2ccccc2)C1. The Labute approximate surface area is 194 Å². The van der Waals surface area contributed by atoms with Crippen LogP contribution in [-0.4, -0.2) is 43.9 Å². The van der Waals surface area contributed by atoms with Gasteiger partial charge in [0, 0.05) is 23.8 Å². The first-order chi connectivity index (χ1) is 15.3. The minimum atomic E-state index is 0.213. The molecule has 32 heavy (non-hydrogen) atoms. The number of carbonyl (C=O) groups is 1. The molecule has 166 valence electrons. The number of hydrogen-bond donors (Lipinski definition) is 0. The van der Waals surface area contributed by atoms with E-state index in [1.54, 1.807) is 0 Å². The van der Waals surface area contributed by atoms with Crippen molar-refractivity contribution in [2.24, 2.45) is 10.8 Å². The topological polar surface area (TPSA) is 51.0 Å². The van der Waals surface area contributed by atoms with E-state index in [4.69, 9.17) is 0 Å². The molecule has 2 fully saturated rings. The number of aromatic nitrogens is 3. The van der Waals surface area contributed by atoms with Crippen LogP contribution in [0.4, 0.5) is 0 Å². The third kappa shape index (κ3) is 4.08. The Bertz CT molecular complexity index is 1110. The van der Waals surface area contributed by atoms with E-state index in [2.05, 4.69) is 40.4 Å². The maximum atomic E-state index is 13.3. The van der Waals surface area contributed by atoms with Crippen LogP contribution in [0.25, 0.3) is 17.1 Å². The van der Waals surface area contributed by atoms with Crippen molar-refractivity contribution in [1.29, 1.82) is 0 Å². The lowest BCUT2D eigenvalue weighted by atomic mass is 9.65. The van der Waals surface area contributed by atoms with Gasteiger partial charge >= 0.3 is 0 Å². The number of likely N-dealkylation sites (tertiary alicyclic amines) is 1. The van der Waals surface area contributed by atoms with Crippen molar-refractivity contribution in [3.05, 3.63) is 60.7 Å². The van der Waals surface area contributed by atoms with Crippen LogP contribution in [0.2, 0.25) is 0 Å². The molecule has 0 spiro atoms. The van der Waals surface area contributed by atoms with E-state index in [0.717, 1.165) is 41.6 Å². The lowest BCUT2D eigenvalue weighted by Crippen LogP contribution is -2.38. The first-order valence-electron chi connectivity index (χ1n) is 11.3. The van der Waals surface area contributed by atoms with Gasteiger partial charge in [-0.25, -0.2) is 0 Å². The van der Waals surface area contributed by atoms with Gasteiger partial charge in [-0.2, -0.15) is 0 Å². The van der Waals surface area contributed by atoms with Crippen LogP contribution in [0.3, 0.4) is 0 Å². The molecule has 1 saturated carbocycles.